The second-order valence-electron chi connectivity index (χ2n) is 3.60. The third-order valence-electron chi connectivity index (χ3n) is 2.44. The zero-order valence-electron chi connectivity index (χ0n) is 9.27. The zero-order chi connectivity index (χ0) is 11.5. The summed E-state index contributed by atoms with van der Waals surface area (Å²) in [6.45, 7) is 3.36. The third-order valence-corrected chi connectivity index (χ3v) is 2.44. The Morgan fingerprint density at radius 1 is 1.12 bits per heavy atom. The van der Waals surface area contributed by atoms with Gasteiger partial charge >= 0.3 is 0 Å². The number of carbonyl (C=O) groups is 1. The Morgan fingerprint density at radius 2 is 1.81 bits per heavy atom. The van der Waals surface area contributed by atoms with E-state index in [1.54, 1.807) is 0 Å². The van der Waals surface area contributed by atoms with Crippen molar-refractivity contribution in [2.24, 2.45) is 0 Å². The van der Waals surface area contributed by atoms with Crippen LogP contribution in [0, 0.1) is 6.92 Å². The Kier molecular flexibility index (Phi) is 2.77. The molecule has 0 atom stereocenters. The SMILES string of the molecule is CC(=O)c1c(C)ncnc1-c1ccccc1. The van der Waals surface area contributed by atoms with Crippen molar-refractivity contribution in [3.05, 3.63) is 47.9 Å². The molecule has 0 aliphatic carbocycles. The lowest BCUT2D eigenvalue weighted by Crippen LogP contribution is -2.04. The maximum absolute atomic E-state index is 11.6. The van der Waals surface area contributed by atoms with E-state index in [9.17, 15) is 4.79 Å². The van der Waals surface area contributed by atoms with Crippen LogP contribution in [-0.4, -0.2) is 15.8 Å². The standard InChI is InChI=1S/C13H12N2O/c1-9-12(10(2)16)13(15-8-14-9)11-6-4-3-5-7-11/h3-8H,1-2H3. The Labute approximate surface area is 94.2 Å². The number of rotatable bonds is 2. The minimum absolute atomic E-state index is 0.00282. The molecule has 0 spiro atoms. The van der Waals surface area contributed by atoms with E-state index in [1.807, 2.05) is 37.3 Å². The molecule has 0 fully saturated rings. The van der Waals surface area contributed by atoms with E-state index in [1.165, 1.54) is 13.3 Å². The minimum atomic E-state index is -0.00282. The highest BCUT2D eigenvalue weighted by Crippen LogP contribution is 2.22. The van der Waals surface area contributed by atoms with Crippen LogP contribution in [0.3, 0.4) is 0 Å². The summed E-state index contributed by atoms with van der Waals surface area (Å²) in [6.07, 6.45) is 1.49. The predicted octanol–water partition coefficient (Wildman–Crippen LogP) is 2.65. The van der Waals surface area contributed by atoms with Gasteiger partial charge in [0.2, 0.25) is 0 Å². The molecule has 80 valence electrons. The molecule has 16 heavy (non-hydrogen) atoms. The Bertz CT molecular complexity index is 521. The smallest absolute Gasteiger partial charge is 0.163 e. The second kappa shape index (κ2) is 4.23. The van der Waals surface area contributed by atoms with Crippen LogP contribution in [0.15, 0.2) is 36.7 Å². The molecule has 2 aromatic rings. The first kappa shape index (κ1) is 10.5. The number of carbonyl (C=O) groups excluding carboxylic acids is 1. The molecule has 0 aliphatic rings. The summed E-state index contributed by atoms with van der Waals surface area (Å²) in [4.78, 5) is 19.8. The lowest BCUT2D eigenvalue weighted by molar-refractivity contribution is 0.101. The summed E-state index contributed by atoms with van der Waals surface area (Å²) in [5.41, 5.74) is 2.98. The molecule has 0 radical (unpaired) electrons. The molecule has 1 aromatic heterocycles. The Hall–Kier alpha value is -2.03. The number of aromatic nitrogens is 2. The molecule has 0 saturated heterocycles. The third kappa shape index (κ3) is 1.84. The van der Waals surface area contributed by atoms with Crippen LogP contribution in [0.2, 0.25) is 0 Å². The number of Topliss-reactive ketones (excluding diaryl/α,β-unsaturated/α-hetero) is 1. The van der Waals surface area contributed by atoms with Gasteiger partial charge in [0.25, 0.3) is 0 Å². The fourth-order valence-electron chi connectivity index (χ4n) is 1.71. The van der Waals surface area contributed by atoms with Gasteiger partial charge in [-0.2, -0.15) is 0 Å². The Balaban J connectivity index is 2.66. The minimum Gasteiger partial charge on any atom is -0.294 e. The summed E-state index contributed by atoms with van der Waals surface area (Å²) in [5.74, 6) is -0.00282. The fraction of sp³-hybridized carbons (Fsp3) is 0.154. The van der Waals surface area contributed by atoms with Gasteiger partial charge in [-0.05, 0) is 13.8 Å². The number of benzene rings is 1. The van der Waals surface area contributed by atoms with E-state index >= 15 is 0 Å². The average Bonchev–Trinajstić information content (AvgIpc) is 2.29. The fourth-order valence-corrected chi connectivity index (χ4v) is 1.71. The van der Waals surface area contributed by atoms with Crippen LogP contribution in [0.4, 0.5) is 0 Å². The van der Waals surface area contributed by atoms with Crippen LogP contribution in [0.1, 0.15) is 23.0 Å². The number of hydrogen-bond acceptors (Lipinski definition) is 3. The number of ketones is 1. The first-order chi connectivity index (χ1) is 7.70. The summed E-state index contributed by atoms with van der Waals surface area (Å²) in [6, 6.07) is 9.67. The number of aryl methyl sites for hydroxylation is 1. The van der Waals surface area contributed by atoms with Gasteiger partial charge in [-0.1, -0.05) is 30.3 Å². The maximum atomic E-state index is 11.6. The summed E-state index contributed by atoms with van der Waals surface area (Å²) >= 11 is 0. The van der Waals surface area contributed by atoms with Gasteiger partial charge < -0.3 is 0 Å². The van der Waals surface area contributed by atoms with Gasteiger partial charge in [0.1, 0.15) is 6.33 Å². The van der Waals surface area contributed by atoms with Crippen molar-refractivity contribution in [1.29, 1.82) is 0 Å². The molecular formula is C13H12N2O. The van der Waals surface area contributed by atoms with Crippen molar-refractivity contribution in [3.8, 4) is 11.3 Å². The van der Waals surface area contributed by atoms with E-state index in [0.717, 1.165) is 11.3 Å². The van der Waals surface area contributed by atoms with Crippen molar-refractivity contribution in [3.63, 3.8) is 0 Å². The normalized spacial score (nSPS) is 10.1. The molecule has 1 aromatic carbocycles. The molecule has 0 aliphatic heterocycles. The molecule has 0 amide bonds. The van der Waals surface area contributed by atoms with Crippen LogP contribution in [0.5, 0.6) is 0 Å². The van der Waals surface area contributed by atoms with Gasteiger partial charge in [0.05, 0.1) is 17.0 Å². The van der Waals surface area contributed by atoms with Gasteiger partial charge in [-0.15, -0.1) is 0 Å². The highest BCUT2D eigenvalue weighted by molar-refractivity contribution is 6.00. The maximum Gasteiger partial charge on any atom is 0.163 e. The number of hydrogen-bond donors (Lipinski definition) is 0. The molecule has 0 N–H and O–H groups in total. The van der Waals surface area contributed by atoms with Gasteiger partial charge in [0, 0.05) is 5.56 Å². The van der Waals surface area contributed by atoms with Crippen molar-refractivity contribution >= 4 is 5.78 Å². The number of nitrogens with zero attached hydrogens (tertiary/aromatic N) is 2. The first-order valence-electron chi connectivity index (χ1n) is 5.08. The average molecular weight is 212 g/mol. The molecule has 3 nitrogen and oxygen atoms in total. The van der Waals surface area contributed by atoms with Gasteiger partial charge in [-0.25, -0.2) is 9.97 Å². The summed E-state index contributed by atoms with van der Waals surface area (Å²) in [7, 11) is 0. The largest absolute Gasteiger partial charge is 0.294 e. The summed E-state index contributed by atoms with van der Waals surface area (Å²) < 4.78 is 0. The quantitative estimate of drug-likeness (QED) is 0.719. The topological polar surface area (TPSA) is 42.9 Å². The van der Waals surface area contributed by atoms with Crippen molar-refractivity contribution in [1.82, 2.24) is 9.97 Å². The predicted molar refractivity (Wildman–Crippen MR) is 62.2 cm³/mol. The molecule has 3 heteroatoms. The summed E-state index contributed by atoms with van der Waals surface area (Å²) in [5, 5.41) is 0. The van der Waals surface area contributed by atoms with Crippen molar-refractivity contribution < 1.29 is 4.79 Å². The molecule has 2 rings (SSSR count). The Morgan fingerprint density at radius 3 is 2.44 bits per heavy atom. The van der Waals surface area contributed by atoms with Crippen LogP contribution in [0.25, 0.3) is 11.3 Å². The van der Waals surface area contributed by atoms with E-state index in [2.05, 4.69) is 9.97 Å². The molecule has 0 saturated carbocycles. The lowest BCUT2D eigenvalue weighted by atomic mass is 10.0. The van der Waals surface area contributed by atoms with Crippen LogP contribution < -0.4 is 0 Å². The van der Waals surface area contributed by atoms with Gasteiger partial charge in [0.15, 0.2) is 5.78 Å². The monoisotopic (exact) mass is 212 g/mol. The molecule has 0 unspecified atom stereocenters. The zero-order valence-corrected chi connectivity index (χ0v) is 9.27. The highest BCUT2D eigenvalue weighted by atomic mass is 16.1. The highest BCUT2D eigenvalue weighted by Gasteiger charge is 2.13. The van der Waals surface area contributed by atoms with E-state index < -0.39 is 0 Å². The lowest BCUT2D eigenvalue weighted by Gasteiger charge is -2.07. The molecule has 1 heterocycles. The van der Waals surface area contributed by atoms with Crippen molar-refractivity contribution in [2.75, 3.05) is 0 Å². The van der Waals surface area contributed by atoms with E-state index in [-0.39, 0.29) is 5.78 Å². The first-order valence-corrected chi connectivity index (χ1v) is 5.08. The van der Waals surface area contributed by atoms with Crippen LogP contribution in [-0.2, 0) is 0 Å². The van der Waals surface area contributed by atoms with E-state index in [0.29, 0.717) is 11.3 Å². The van der Waals surface area contributed by atoms with E-state index in [4.69, 9.17) is 0 Å². The van der Waals surface area contributed by atoms with Crippen molar-refractivity contribution in [2.45, 2.75) is 13.8 Å². The molecule has 0 bridgehead atoms. The van der Waals surface area contributed by atoms with Gasteiger partial charge in [-0.3, -0.25) is 4.79 Å². The second-order valence-corrected chi connectivity index (χ2v) is 3.60. The molecular weight excluding hydrogens is 200 g/mol. The van der Waals surface area contributed by atoms with Crippen LogP contribution >= 0.6 is 0 Å².